The van der Waals surface area contributed by atoms with Crippen LogP contribution in [0.4, 0.5) is 5.69 Å². The molecule has 0 unspecified atom stereocenters. The predicted octanol–water partition coefficient (Wildman–Crippen LogP) is 2.95. The zero-order valence-corrected chi connectivity index (χ0v) is 8.10. The van der Waals surface area contributed by atoms with Gasteiger partial charge in [0.1, 0.15) is 17.2 Å². The van der Waals surface area contributed by atoms with Gasteiger partial charge in [0.2, 0.25) is 0 Å². The summed E-state index contributed by atoms with van der Waals surface area (Å²) in [5.41, 5.74) is 0.293. The molecule has 0 spiro atoms. The maximum absolute atomic E-state index is 10.6. The third kappa shape index (κ3) is 1.50. The first-order valence-electron chi connectivity index (χ1n) is 4.39. The summed E-state index contributed by atoms with van der Waals surface area (Å²) >= 11 is 0. The molecule has 2 aromatic rings. The Balaban J connectivity index is 2.82. The highest BCUT2D eigenvalue weighted by Crippen LogP contribution is 2.34. The van der Waals surface area contributed by atoms with Gasteiger partial charge in [-0.15, -0.1) is 4.91 Å². The van der Waals surface area contributed by atoms with Gasteiger partial charge in [-0.25, -0.2) is 0 Å². The van der Waals surface area contributed by atoms with E-state index in [1.54, 1.807) is 18.2 Å². The Morgan fingerprint density at radius 3 is 2.67 bits per heavy atom. The molecule has 0 saturated heterocycles. The second-order valence-corrected chi connectivity index (χ2v) is 3.11. The van der Waals surface area contributed by atoms with Crippen molar-refractivity contribution in [2.45, 2.75) is 0 Å². The summed E-state index contributed by atoms with van der Waals surface area (Å²) in [5, 5.41) is 13.6. The summed E-state index contributed by atoms with van der Waals surface area (Å²) in [6.07, 6.45) is 0. The number of ether oxygens (including phenoxy) is 1. The van der Waals surface area contributed by atoms with Crippen molar-refractivity contribution in [1.82, 2.24) is 0 Å². The molecule has 0 radical (unpaired) electrons. The lowest BCUT2D eigenvalue weighted by Gasteiger charge is -2.05. The van der Waals surface area contributed by atoms with Crippen LogP contribution in [0.2, 0.25) is 0 Å². The minimum atomic E-state index is 0.125. The molecule has 0 atom stereocenters. The topological polar surface area (TPSA) is 58.9 Å². The Labute approximate surface area is 86.1 Å². The fraction of sp³-hybridized carbons (Fsp3) is 0.0909. The predicted molar refractivity (Wildman–Crippen MR) is 57.6 cm³/mol. The molecule has 0 fully saturated rings. The van der Waals surface area contributed by atoms with Crippen molar-refractivity contribution in [3.8, 4) is 11.5 Å². The molecule has 0 saturated carbocycles. The monoisotopic (exact) mass is 203 g/mol. The second kappa shape index (κ2) is 3.57. The Morgan fingerprint density at radius 2 is 2.00 bits per heavy atom. The average Bonchev–Trinajstić information content (AvgIpc) is 2.29. The fourth-order valence-electron chi connectivity index (χ4n) is 1.50. The molecule has 2 aromatic carbocycles. The number of nitroso groups, excluding NO2 is 1. The maximum Gasteiger partial charge on any atom is 0.123 e. The van der Waals surface area contributed by atoms with Gasteiger partial charge in [-0.2, -0.15) is 0 Å². The van der Waals surface area contributed by atoms with E-state index in [1.807, 2.05) is 0 Å². The second-order valence-electron chi connectivity index (χ2n) is 3.11. The number of aromatic hydroxyl groups is 1. The van der Waals surface area contributed by atoms with Gasteiger partial charge in [-0.05, 0) is 35.5 Å². The van der Waals surface area contributed by atoms with E-state index in [0.717, 1.165) is 0 Å². The lowest BCUT2D eigenvalue weighted by molar-refractivity contribution is 0.415. The molecule has 76 valence electrons. The number of hydrogen-bond donors (Lipinski definition) is 1. The molecule has 4 nitrogen and oxygen atoms in total. The van der Waals surface area contributed by atoms with Gasteiger partial charge >= 0.3 is 0 Å². The van der Waals surface area contributed by atoms with Gasteiger partial charge in [-0.3, -0.25) is 0 Å². The van der Waals surface area contributed by atoms with Crippen LogP contribution in [-0.2, 0) is 0 Å². The summed E-state index contributed by atoms with van der Waals surface area (Å²) < 4.78 is 5.04. The average molecular weight is 203 g/mol. The fourth-order valence-corrected chi connectivity index (χ4v) is 1.50. The largest absolute Gasteiger partial charge is 0.507 e. The van der Waals surface area contributed by atoms with Crippen LogP contribution in [0, 0.1) is 4.91 Å². The highest BCUT2D eigenvalue weighted by Gasteiger charge is 2.06. The molecular formula is C11H9NO3. The summed E-state index contributed by atoms with van der Waals surface area (Å²) in [7, 11) is 1.54. The smallest absolute Gasteiger partial charge is 0.123 e. The molecule has 4 heteroatoms. The van der Waals surface area contributed by atoms with E-state index in [0.29, 0.717) is 22.2 Å². The van der Waals surface area contributed by atoms with Gasteiger partial charge in [0.15, 0.2) is 0 Å². The molecule has 0 heterocycles. The minimum Gasteiger partial charge on any atom is -0.507 e. The first-order chi connectivity index (χ1) is 7.26. The van der Waals surface area contributed by atoms with E-state index in [2.05, 4.69) is 5.18 Å². The van der Waals surface area contributed by atoms with E-state index in [-0.39, 0.29) is 5.75 Å². The Kier molecular flexibility index (Phi) is 2.25. The zero-order chi connectivity index (χ0) is 10.8. The molecule has 0 amide bonds. The van der Waals surface area contributed by atoms with Gasteiger partial charge in [0.05, 0.1) is 7.11 Å². The molecular weight excluding hydrogens is 194 g/mol. The molecule has 0 aliphatic rings. The van der Waals surface area contributed by atoms with Crippen LogP contribution in [-0.4, -0.2) is 12.2 Å². The number of phenols is 1. The third-order valence-corrected chi connectivity index (χ3v) is 2.28. The quantitative estimate of drug-likeness (QED) is 0.763. The molecule has 0 aromatic heterocycles. The van der Waals surface area contributed by atoms with E-state index >= 15 is 0 Å². The van der Waals surface area contributed by atoms with Crippen LogP contribution in [0.15, 0.2) is 35.5 Å². The first kappa shape index (κ1) is 9.45. The molecule has 0 aliphatic carbocycles. The number of phenolic OH excluding ortho intramolecular Hbond substituents is 1. The van der Waals surface area contributed by atoms with Crippen molar-refractivity contribution in [3.05, 3.63) is 35.2 Å². The summed E-state index contributed by atoms with van der Waals surface area (Å²) in [6, 6.07) is 8.01. The molecule has 2 rings (SSSR count). The molecule has 0 bridgehead atoms. The molecule has 15 heavy (non-hydrogen) atoms. The van der Waals surface area contributed by atoms with E-state index in [4.69, 9.17) is 4.74 Å². The highest BCUT2D eigenvalue weighted by molar-refractivity contribution is 5.97. The van der Waals surface area contributed by atoms with Gasteiger partial charge in [-0.1, -0.05) is 0 Å². The zero-order valence-electron chi connectivity index (χ0n) is 8.10. The number of benzene rings is 2. The molecule has 1 N–H and O–H groups in total. The lowest BCUT2D eigenvalue weighted by Crippen LogP contribution is -1.82. The Bertz CT molecular complexity index is 522. The van der Waals surface area contributed by atoms with Gasteiger partial charge in [0, 0.05) is 10.8 Å². The van der Waals surface area contributed by atoms with E-state index in [9.17, 15) is 10.0 Å². The number of methoxy groups -OCH3 is 1. The maximum atomic E-state index is 10.6. The summed E-state index contributed by atoms with van der Waals surface area (Å²) in [4.78, 5) is 10.6. The third-order valence-electron chi connectivity index (χ3n) is 2.28. The van der Waals surface area contributed by atoms with Crippen molar-refractivity contribution >= 4 is 16.5 Å². The van der Waals surface area contributed by atoms with Crippen molar-refractivity contribution in [2.75, 3.05) is 7.11 Å². The standard InChI is InChI=1S/C11H9NO3/c1-15-7-2-3-8-9(6-7)10(12-14)4-5-11(8)13/h2-6,13H,1H3. The van der Waals surface area contributed by atoms with Crippen LogP contribution in [0.3, 0.4) is 0 Å². The molecule has 0 aliphatic heterocycles. The number of nitrogens with zero attached hydrogens (tertiary/aromatic N) is 1. The van der Waals surface area contributed by atoms with Crippen LogP contribution < -0.4 is 4.74 Å². The van der Waals surface area contributed by atoms with Crippen molar-refractivity contribution < 1.29 is 9.84 Å². The first-order valence-corrected chi connectivity index (χ1v) is 4.39. The van der Waals surface area contributed by atoms with Crippen LogP contribution in [0.1, 0.15) is 0 Å². The minimum absolute atomic E-state index is 0.125. The van der Waals surface area contributed by atoms with Crippen LogP contribution in [0.25, 0.3) is 10.8 Å². The van der Waals surface area contributed by atoms with E-state index in [1.165, 1.54) is 19.2 Å². The Morgan fingerprint density at radius 1 is 1.20 bits per heavy atom. The van der Waals surface area contributed by atoms with Crippen LogP contribution in [0.5, 0.6) is 11.5 Å². The summed E-state index contributed by atoms with van der Waals surface area (Å²) in [6.45, 7) is 0. The summed E-state index contributed by atoms with van der Waals surface area (Å²) in [5.74, 6) is 0.748. The number of rotatable bonds is 2. The number of fused-ring (bicyclic) bond motifs is 1. The van der Waals surface area contributed by atoms with Gasteiger partial charge < -0.3 is 9.84 Å². The van der Waals surface area contributed by atoms with Crippen molar-refractivity contribution in [1.29, 1.82) is 0 Å². The normalized spacial score (nSPS) is 10.2. The van der Waals surface area contributed by atoms with Crippen LogP contribution >= 0.6 is 0 Å². The Hall–Kier alpha value is -2.10. The lowest BCUT2D eigenvalue weighted by atomic mass is 10.1. The highest BCUT2D eigenvalue weighted by atomic mass is 16.5. The number of hydrogen-bond acceptors (Lipinski definition) is 4. The van der Waals surface area contributed by atoms with Gasteiger partial charge in [0.25, 0.3) is 0 Å². The van der Waals surface area contributed by atoms with Crippen molar-refractivity contribution in [3.63, 3.8) is 0 Å². The van der Waals surface area contributed by atoms with Crippen molar-refractivity contribution in [2.24, 2.45) is 5.18 Å². The SMILES string of the molecule is COc1ccc2c(O)ccc(N=O)c2c1. The van der Waals surface area contributed by atoms with E-state index < -0.39 is 0 Å².